The zero-order chi connectivity index (χ0) is 21.5. The number of aromatic nitrogens is 6. The molecule has 154 valence electrons. The van der Waals surface area contributed by atoms with Crippen LogP contribution < -0.4 is 10.3 Å². The van der Waals surface area contributed by atoms with Crippen LogP contribution in [0.3, 0.4) is 0 Å². The maximum absolute atomic E-state index is 13.8. The van der Waals surface area contributed by atoms with E-state index in [1.807, 2.05) is 43.3 Å². The lowest BCUT2D eigenvalue weighted by molar-refractivity contribution is 0.412. The number of rotatable bonds is 4. The maximum Gasteiger partial charge on any atom is 0.266 e. The molecule has 0 fully saturated rings. The van der Waals surface area contributed by atoms with E-state index < -0.39 is 5.37 Å². The van der Waals surface area contributed by atoms with Crippen molar-refractivity contribution in [1.82, 2.24) is 29.1 Å². The number of nitrogens with zero attached hydrogens (tertiary/aromatic N) is 6. The summed E-state index contributed by atoms with van der Waals surface area (Å²) in [6.45, 7) is 1.90. The van der Waals surface area contributed by atoms with Crippen molar-refractivity contribution in [3.8, 4) is 11.4 Å². The number of fused-ring (bicyclic) bond motifs is 2. The molecule has 0 saturated carbocycles. The smallest absolute Gasteiger partial charge is 0.266 e. The van der Waals surface area contributed by atoms with E-state index in [0.29, 0.717) is 39.3 Å². The van der Waals surface area contributed by atoms with Crippen LogP contribution >= 0.6 is 12.6 Å². The van der Waals surface area contributed by atoms with E-state index in [0.717, 1.165) is 5.56 Å². The SMILES string of the molecule is COc1ccccc1-n1c(C(S)n2cnc3cncnc32)nc2cccc(C)c2c1=O. The quantitative estimate of drug-likeness (QED) is 0.440. The highest BCUT2D eigenvalue weighted by molar-refractivity contribution is 7.80. The summed E-state index contributed by atoms with van der Waals surface area (Å²) in [5.74, 6) is 0.979. The Morgan fingerprint density at radius 2 is 1.90 bits per heavy atom. The van der Waals surface area contributed by atoms with Crippen LogP contribution in [0.1, 0.15) is 16.8 Å². The van der Waals surface area contributed by atoms with Gasteiger partial charge in [0.1, 0.15) is 23.0 Å². The molecular weight excluding hydrogens is 412 g/mol. The summed E-state index contributed by atoms with van der Waals surface area (Å²) in [7, 11) is 1.57. The van der Waals surface area contributed by atoms with Crippen LogP contribution in [0.2, 0.25) is 0 Å². The Labute approximate surface area is 182 Å². The lowest BCUT2D eigenvalue weighted by atomic mass is 10.1. The molecule has 0 aliphatic rings. The van der Waals surface area contributed by atoms with Crippen molar-refractivity contribution >= 4 is 34.7 Å². The van der Waals surface area contributed by atoms with Crippen molar-refractivity contribution in [3.05, 3.63) is 83.1 Å². The minimum atomic E-state index is -0.637. The van der Waals surface area contributed by atoms with Crippen LogP contribution in [0.15, 0.2) is 66.1 Å². The number of benzene rings is 2. The van der Waals surface area contributed by atoms with Crippen molar-refractivity contribution in [3.63, 3.8) is 0 Å². The van der Waals surface area contributed by atoms with Crippen LogP contribution in [-0.4, -0.2) is 36.2 Å². The second-order valence-electron chi connectivity index (χ2n) is 7.01. The van der Waals surface area contributed by atoms with Crippen molar-refractivity contribution in [1.29, 1.82) is 0 Å². The standard InChI is InChI=1S/C22H18N6O2S/c1-13-6-5-7-14-18(13)21(29)28(16-8-3-4-9-17(16)30-2)20(26-14)22(31)27-12-25-15-10-23-11-24-19(15)27/h3-12,22,31H,1-2H3. The van der Waals surface area contributed by atoms with Gasteiger partial charge in [0.15, 0.2) is 11.5 Å². The monoisotopic (exact) mass is 430 g/mol. The van der Waals surface area contributed by atoms with Crippen molar-refractivity contribution < 1.29 is 4.74 Å². The minimum absolute atomic E-state index is 0.194. The number of aryl methyl sites for hydroxylation is 1. The number of methoxy groups -OCH3 is 1. The van der Waals surface area contributed by atoms with E-state index in [1.165, 1.54) is 6.33 Å². The highest BCUT2D eigenvalue weighted by atomic mass is 32.1. The third kappa shape index (κ3) is 3.05. The molecule has 9 heteroatoms. The molecule has 0 aliphatic carbocycles. The van der Waals surface area contributed by atoms with Gasteiger partial charge in [-0.3, -0.25) is 13.9 Å². The Hall–Kier alpha value is -3.72. The second kappa shape index (κ2) is 7.51. The van der Waals surface area contributed by atoms with Gasteiger partial charge in [-0.2, -0.15) is 0 Å². The van der Waals surface area contributed by atoms with Gasteiger partial charge in [0, 0.05) is 0 Å². The first-order chi connectivity index (χ1) is 15.1. The van der Waals surface area contributed by atoms with E-state index in [2.05, 4.69) is 15.0 Å². The Morgan fingerprint density at radius 1 is 1.06 bits per heavy atom. The van der Waals surface area contributed by atoms with Gasteiger partial charge in [0.05, 0.1) is 36.2 Å². The Morgan fingerprint density at radius 3 is 2.74 bits per heavy atom. The van der Waals surface area contributed by atoms with E-state index in [4.69, 9.17) is 22.3 Å². The Bertz CT molecular complexity index is 1490. The van der Waals surface area contributed by atoms with Crippen LogP contribution in [0.5, 0.6) is 5.75 Å². The van der Waals surface area contributed by atoms with Crippen LogP contribution in [0, 0.1) is 6.92 Å². The molecule has 3 aromatic heterocycles. The first kappa shape index (κ1) is 19.3. The lowest BCUT2D eigenvalue weighted by Crippen LogP contribution is -2.27. The summed E-state index contributed by atoms with van der Waals surface area (Å²) in [6, 6.07) is 12.9. The molecule has 0 spiro atoms. The molecule has 1 unspecified atom stereocenters. The summed E-state index contributed by atoms with van der Waals surface area (Å²) in [6.07, 6.45) is 4.70. The van der Waals surface area contributed by atoms with Crippen LogP contribution in [-0.2, 0) is 0 Å². The molecule has 2 aromatic carbocycles. The summed E-state index contributed by atoms with van der Waals surface area (Å²) < 4.78 is 8.85. The average Bonchev–Trinajstić information content (AvgIpc) is 3.22. The summed E-state index contributed by atoms with van der Waals surface area (Å²) >= 11 is 4.83. The number of ether oxygens (including phenoxy) is 1. The summed E-state index contributed by atoms with van der Waals surface area (Å²) in [5.41, 5.74) is 3.07. The summed E-state index contributed by atoms with van der Waals surface area (Å²) in [5, 5.41) is -0.0853. The fourth-order valence-corrected chi connectivity index (χ4v) is 4.06. The van der Waals surface area contributed by atoms with Crippen molar-refractivity contribution in [2.24, 2.45) is 0 Å². The van der Waals surface area contributed by atoms with E-state index in [-0.39, 0.29) is 5.56 Å². The maximum atomic E-state index is 13.8. The Balaban J connectivity index is 1.86. The fraction of sp³-hybridized carbons (Fsp3) is 0.136. The van der Waals surface area contributed by atoms with Crippen molar-refractivity contribution in [2.45, 2.75) is 12.3 Å². The number of hydrogen-bond donors (Lipinski definition) is 1. The molecule has 0 saturated heterocycles. The van der Waals surface area contributed by atoms with Crippen molar-refractivity contribution in [2.75, 3.05) is 7.11 Å². The van der Waals surface area contributed by atoms with Gasteiger partial charge < -0.3 is 4.74 Å². The average molecular weight is 430 g/mol. The zero-order valence-electron chi connectivity index (χ0n) is 16.8. The predicted molar refractivity (Wildman–Crippen MR) is 121 cm³/mol. The number of para-hydroxylation sites is 2. The van der Waals surface area contributed by atoms with Gasteiger partial charge in [-0.25, -0.2) is 19.9 Å². The van der Waals surface area contributed by atoms with Gasteiger partial charge >= 0.3 is 0 Å². The van der Waals surface area contributed by atoms with E-state index in [9.17, 15) is 4.79 Å². The third-order valence-electron chi connectivity index (χ3n) is 5.19. The topological polar surface area (TPSA) is 87.7 Å². The molecular formula is C22H18N6O2S. The molecule has 8 nitrogen and oxygen atoms in total. The first-order valence-corrected chi connectivity index (χ1v) is 10.1. The lowest BCUT2D eigenvalue weighted by Gasteiger charge is -2.21. The second-order valence-corrected chi connectivity index (χ2v) is 7.50. The number of hydrogen-bond acceptors (Lipinski definition) is 7. The molecule has 0 bridgehead atoms. The predicted octanol–water partition coefficient (Wildman–Crippen LogP) is 3.32. The largest absolute Gasteiger partial charge is 0.495 e. The summed E-state index contributed by atoms with van der Waals surface area (Å²) in [4.78, 5) is 31.3. The molecule has 0 radical (unpaired) electrons. The van der Waals surface area contributed by atoms with Gasteiger partial charge in [-0.05, 0) is 30.7 Å². The van der Waals surface area contributed by atoms with Gasteiger partial charge in [0.25, 0.3) is 5.56 Å². The van der Waals surface area contributed by atoms with Gasteiger partial charge in [-0.1, -0.05) is 24.3 Å². The van der Waals surface area contributed by atoms with E-state index >= 15 is 0 Å². The van der Waals surface area contributed by atoms with Gasteiger partial charge in [-0.15, -0.1) is 12.6 Å². The molecule has 31 heavy (non-hydrogen) atoms. The Kier molecular flexibility index (Phi) is 4.67. The molecule has 0 aliphatic heterocycles. The minimum Gasteiger partial charge on any atom is -0.495 e. The fourth-order valence-electron chi connectivity index (χ4n) is 3.72. The zero-order valence-corrected chi connectivity index (χ0v) is 17.7. The normalized spacial score (nSPS) is 12.4. The molecule has 1 atom stereocenters. The first-order valence-electron chi connectivity index (χ1n) is 9.56. The van der Waals surface area contributed by atoms with E-state index in [1.54, 1.807) is 34.8 Å². The third-order valence-corrected chi connectivity index (χ3v) is 5.67. The van der Waals surface area contributed by atoms with Crippen LogP contribution in [0.25, 0.3) is 27.8 Å². The van der Waals surface area contributed by atoms with Gasteiger partial charge in [0.2, 0.25) is 0 Å². The van der Waals surface area contributed by atoms with Crippen LogP contribution in [0.4, 0.5) is 0 Å². The number of thiol groups is 1. The molecule has 0 amide bonds. The highest BCUT2D eigenvalue weighted by Crippen LogP contribution is 2.30. The molecule has 5 aromatic rings. The highest BCUT2D eigenvalue weighted by Gasteiger charge is 2.23. The molecule has 5 rings (SSSR count). The molecule has 0 N–H and O–H groups in total. The number of imidazole rings is 1. The molecule has 3 heterocycles.